The topological polar surface area (TPSA) is 17.1 Å². The quantitative estimate of drug-likeness (QED) is 0.570. The van der Waals surface area contributed by atoms with Gasteiger partial charge in [0.05, 0.1) is 0 Å². The van der Waals surface area contributed by atoms with Gasteiger partial charge in [-0.3, -0.25) is 0 Å². The van der Waals surface area contributed by atoms with E-state index in [-0.39, 0.29) is 67.6 Å². The summed E-state index contributed by atoms with van der Waals surface area (Å²) in [6.45, 7) is 0. The average molecular weight is 302 g/mol. The van der Waals surface area contributed by atoms with E-state index in [0.29, 0.717) is 0 Å². The van der Waals surface area contributed by atoms with Gasteiger partial charge in [-0.1, -0.05) is 0 Å². The standard InChI is InChI=1S/Ag.Cd.O.Zn. The number of rotatable bonds is 0. The van der Waals surface area contributed by atoms with Crippen molar-refractivity contribution in [2.75, 3.05) is 0 Å². The molecule has 1 nitrogen and oxygen atoms in total. The Bertz CT molecular complexity index is 8.00. The van der Waals surface area contributed by atoms with E-state index in [1.54, 1.807) is 0 Å². The summed E-state index contributed by atoms with van der Waals surface area (Å²) in [7, 11) is 0. The maximum atomic E-state index is 8.42. The van der Waals surface area contributed by atoms with Gasteiger partial charge in [0, 0.05) is 41.9 Å². The van der Waals surface area contributed by atoms with Gasteiger partial charge in [0.2, 0.25) is 0 Å². The molecular weight excluding hydrogens is 302 g/mol. The Morgan fingerprint density at radius 3 is 1.25 bits per heavy atom. The fourth-order valence-electron chi connectivity index (χ4n) is 0. The van der Waals surface area contributed by atoms with Crippen molar-refractivity contribution >= 4 is 0 Å². The summed E-state index contributed by atoms with van der Waals surface area (Å²) in [4.78, 5) is 0. The van der Waals surface area contributed by atoms with Crippen LogP contribution in [0, 0.1) is 0 Å². The van der Waals surface area contributed by atoms with Gasteiger partial charge in [0.25, 0.3) is 0 Å². The summed E-state index contributed by atoms with van der Waals surface area (Å²) in [6.07, 6.45) is 0. The summed E-state index contributed by atoms with van der Waals surface area (Å²) in [5.41, 5.74) is 0. The maximum absolute atomic E-state index is 8.42. The molecule has 0 bridgehead atoms. The monoisotopic (exact) mass is 301 g/mol. The molecule has 1 radical (unpaired) electrons. The molecule has 0 saturated heterocycles. The average Bonchev–Trinajstić information content (AvgIpc) is 1.00. The molecule has 0 aromatic rings. The van der Waals surface area contributed by atoms with Gasteiger partial charge < -0.3 is 0 Å². The third-order valence-electron chi connectivity index (χ3n) is 0. The Balaban J connectivity index is -0.00000000500. The van der Waals surface area contributed by atoms with Crippen LogP contribution in [0.3, 0.4) is 0 Å². The molecular formula is AgCdOZn. The molecule has 0 aliphatic carbocycles. The molecule has 0 aliphatic heterocycles. The van der Waals surface area contributed by atoms with Crippen molar-refractivity contribution in [1.29, 1.82) is 0 Å². The Labute approximate surface area is 69.3 Å². The van der Waals surface area contributed by atoms with Gasteiger partial charge in [0.15, 0.2) is 0 Å². The van der Waals surface area contributed by atoms with Crippen LogP contribution in [0.5, 0.6) is 0 Å². The molecule has 4 heteroatoms. The van der Waals surface area contributed by atoms with Crippen molar-refractivity contribution in [1.82, 2.24) is 0 Å². The first-order valence-electron chi connectivity index (χ1n) is 0.289. The molecule has 0 rings (SSSR count). The van der Waals surface area contributed by atoms with Crippen LogP contribution in [0.1, 0.15) is 0 Å². The number of hydrogen-bond donors (Lipinski definition) is 0. The second-order valence-corrected chi connectivity index (χ2v) is 0. The van der Waals surface area contributed by atoms with Crippen LogP contribution in [0.4, 0.5) is 0 Å². The van der Waals surface area contributed by atoms with Crippen LogP contribution in [0.25, 0.3) is 0 Å². The molecule has 0 aromatic heterocycles. The van der Waals surface area contributed by atoms with Gasteiger partial charge >= 0.3 is 28.5 Å². The SMILES string of the molecule is [Ag].[O]=[Cd].[Zn]. The van der Waals surface area contributed by atoms with Crippen molar-refractivity contribution in [2.45, 2.75) is 0 Å². The van der Waals surface area contributed by atoms with Crippen LogP contribution >= 0.6 is 0 Å². The molecule has 0 unspecified atom stereocenters. The first-order chi connectivity index (χ1) is 1.00. The zero-order valence-corrected chi connectivity index (χ0v) is 10.6. The minimum absolute atomic E-state index is 0. The molecule has 0 heterocycles. The Morgan fingerprint density at radius 2 is 1.25 bits per heavy atom. The Morgan fingerprint density at radius 1 is 1.25 bits per heavy atom. The van der Waals surface area contributed by atoms with Gasteiger partial charge in [-0.05, 0) is 0 Å². The van der Waals surface area contributed by atoms with Crippen LogP contribution < -0.4 is 0 Å². The second kappa shape index (κ2) is 19.5. The zero-order valence-electron chi connectivity index (χ0n) is 2.12. The van der Waals surface area contributed by atoms with E-state index in [9.17, 15) is 0 Å². The molecule has 0 fully saturated rings. The minimum atomic E-state index is -0.1000. The van der Waals surface area contributed by atoms with Crippen molar-refractivity contribution in [2.24, 2.45) is 0 Å². The third kappa shape index (κ3) is 8.94. The van der Waals surface area contributed by atoms with E-state index in [0.717, 1.165) is 0 Å². The molecule has 21 valence electrons. The zero-order chi connectivity index (χ0) is 2.00. The molecule has 0 N–H and O–H groups in total. The van der Waals surface area contributed by atoms with E-state index < -0.39 is 0 Å². The fraction of sp³-hybridized carbons (Fsp3) is 0. The predicted octanol–water partition coefficient (Wildman–Crippen LogP) is -0.126. The summed E-state index contributed by atoms with van der Waals surface area (Å²) < 4.78 is 8.42. The van der Waals surface area contributed by atoms with Gasteiger partial charge in [0.1, 0.15) is 0 Å². The Kier molecular flexibility index (Phi) is 80.7. The predicted molar refractivity (Wildman–Crippen MR) is 0.686 cm³/mol. The largest absolute Gasteiger partial charge is 0 e. The van der Waals surface area contributed by atoms with Crippen LogP contribution in [0.2, 0.25) is 0 Å². The van der Waals surface area contributed by atoms with Crippen molar-refractivity contribution < 1.29 is 70.3 Å². The molecule has 0 amide bonds. The van der Waals surface area contributed by atoms with Crippen molar-refractivity contribution in [3.8, 4) is 0 Å². The second-order valence-electron chi connectivity index (χ2n) is 0. The van der Waals surface area contributed by atoms with Crippen molar-refractivity contribution in [3.63, 3.8) is 0 Å². The first kappa shape index (κ1) is 16.5. The van der Waals surface area contributed by atoms with Crippen LogP contribution in [-0.2, 0) is 70.3 Å². The summed E-state index contributed by atoms with van der Waals surface area (Å²) in [5.74, 6) is 0. The van der Waals surface area contributed by atoms with Gasteiger partial charge in [-0.15, -0.1) is 0 Å². The number of hydrogen-bond acceptors (Lipinski definition) is 1. The van der Waals surface area contributed by atoms with Crippen molar-refractivity contribution in [3.05, 3.63) is 0 Å². The van der Waals surface area contributed by atoms with E-state index in [1.165, 1.54) is 0 Å². The smallest absolute Gasteiger partial charge is 0 e. The van der Waals surface area contributed by atoms with Gasteiger partial charge in [-0.2, -0.15) is 0 Å². The summed E-state index contributed by atoms with van der Waals surface area (Å²) >= 11 is -0.1000. The molecule has 0 spiro atoms. The molecule has 4 heavy (non-hydrogen) atoms. The van der Waals surface area contributed by atoms with E-state index in [1.807, 2.05) is 0 Å². The third-order valence-corrected chi connectivity index (χ3v) is 0. The first-order valence-corrected chi connectivity index (χ1v) is 1.94. The van der Waals surface area contributed by atoms with Crippen LogP contribution in [-0.4, -0.2) is 0 Å². The van der Waals surface area contributed by atoms with E-state index >= 15 is 0 Å². The summed E-state index contributed by atoms with van der Waals surface area (Å²) in [6, 6.07) is 0. The van der Waals surface area contributed by atoms with Crippen LogP contribution in [0.15, 0.2) is 0 Å². The minimum Gasteiger partial charge on any atom is 0 e. The van der Waals surface area contributed by atoms with E-state index in [2.05, 4.69) is 0 Å². The fourth-order valence-corrected chi connectivity index (χ4v) is 0. The molecule has 0 saturated carbocycles. The van der Waals surface area contributed by atoms with Gasteiger partial charge in [-0.25, -0.2) is 0 Å². The molecule has 0 aliphatic rings. The normalized spacial score (nSPS) is 1.50. The molecule has 0 atom stereocenters. The summed E-state index contributed by atoms with van der Waals surface area (Å²) in [5, 5.41) is 0. The Hall–Kier alpha value is 2.09. The maximum Gasteiger partial charge on any atom is 0 e. The van der Waals surface area contributed by atoms with E-state index in [4.69, 9.17) is 2.69 Å². The molecule has 0 aromatic carbocycles.